The summed E-state index contributed by atoms with van der Waals surface area (Å²) >= 11 is 3.41. The fourth-order valence-electron chi connectivity index (χ4n) is 2.16. The molecule has 18 heavy (non-hydrogen) atoms. The Morgan fingerprint density at radius 2 is 2.17 bits per heavy atom. The molecule has 6 nitrogen and oxygen atoms in total. The smallest absolute Gasteiger partial charge is 0.211 e. The molecule has 1 saturated heterocycles. The van der Waals surface area contributed by atoms with Gasteiger partial charge >= 0.3 is 0 Å². The second-order valence-corrected chi connectivity index (χ2v) is 7.15. The van der Waals surface area contributed by atoms with Crippen molar-refractivity contribution in [1.29, 1.82) is 0 Å². The summed E-state index contributed by atoms with van der Waals surface area (Å²) in [5, 5.41) is 0. The first-order valence-electron chi connectivity index (χ1n) is 5.57. The van der Waals surface area contributed by atoms with Gasteiger partial charge in [0.15, 0.2) is 0 Å². The fraction of sp³-hybridized carbons (Fsp3) is 0.600. The number of aromatic nitrogens is 2. The highest BCUT2D eigenvalue weighted by molar-refractivity contribution is 9.10. The van der Waals surface area contributed by atoms with E-state index in [-0.39, 0.29) is 6.04 Å². The van der Waals surface area contributed by atoms with Gasteiger partial charge < -0.3 is 4.90 Å². The fourth-order valence-corrected chi connectivity index (χ4v) is 3.77. The third kappa shape index (κ3) is 2.81. The lowest BCUT2D eigenvalue weighted by atomic mass is 10.2. The van der Waals surface area contributed by atoms with Gasteiger partial charge in [0.1, 0.15) is 12.1 Å². The van der Waals surface area contributed by atoms with Crippen LogP contribution in [0.1, 0.15) is 6.92 Å². The van der Waals surface area contributed by atoms with Gasteiger partial charge in [0.05, 0.1) is 10.7 Å². The van der Waals surface area contributed by atoms with Gasteiger partial charge in [-0.1, -0.05) is 0 Å². The molecule has 0 bridgehead atoms. The average molecular weight is 335 g/mol. The molecule has 100 valence electrons. The zero-order valence-corrected chi connectivity index (χ0v) is 12.6. The van der Waals surface area contributed by atoms with E-state index in [0.717, 1.165) is 10.3 Å². The number of sulfonamides is 1. The predicted octanol–water partition coefficient (Wildman–Crippen LogP) is 0.709. The van der Waals surface area contributed by atoms with Crippen LogP contribution < -0.4 is 4.90 Å². The topological polar surface area (TPSA) is 66.4 Å². The summed E-state index contributed by atoms with van der Waals surface area (Å²) in [6, 6.07) is -0.0596. The summed E-state index contributed by atoms with van der Waals surface area (Å²) < 4.78 is 25.5. The van der Waals surface area contributed by atoms with E-state index in [1.165, 1.54) is 16.9 Å². The first-order chi connectivity index (χ1) is 8.39. The van der Waals surface area contributed by atoms with Crippen LogP contribution >= 0.6 is 15.9 Å². The van der Waals surface area contributed by atoms with Crippen molar-refractivity contribution in [2.45, 2.75) is 13.0 Å². The van der Waals surface area contributed by atoms with E-state index in [4.69, 9.17) is 0 Å². The molecule has 0 saturated carbocycles. The standard InChI is InChI=1S/C10H15BrN4O2S/c1-8-6-14(3-4-15(8)18(2,16)17)10-9(11)5-12-7-13-10/h5,7-8H,3-4,6H2,1-2H3/t8-/m0/s1. The van der Waals surface area contributed by atoms with Crippen LogP contribution in [0, 0.1) is 0 Å². The van der Waals surface area contributed by atoms with Crippen LogP contribution in [-0.4, -0.2) is 54.6 Å². The van der Waals surface area contributed by atoms with Gasteiger partial charge in [-0.25, -0.2) is 18.4 Å². The summed E-state index contributed by atoms with van der Waals surface area (Å²) in [4.78, 5) is 10.2. The molecule has 0 aromatic carbocycles. The summed E-state index contributed by atoms with van der Waals surface area (Å²) in [6.45, 7) is 3.65. The molecule has 1 fully saturated rings. The minimum absolute atomic E-state index is 0.0596. The third-order valence-electron chi connectivity index (χ3n) is 2.94. The molecule has 1 aromatic heterocycles. The molecule has 0 spiro atoms. The van der Waals surface area contributed by atoms with E-state index in [1.54, 1.807) is 6.20 Å². The Morgan fingerprint density at radius 3 is 2.72 bits per heavy atom. The number of rotatable bonds is 2. The Morgan fingerprint density at radius 1 is 1.44 bits per heavy atom. The zero-order valence-electron chi connectivity index (χ0n) is 10.2. The number of hydrogen-bond acceptors (Lipinski definition) is 5. The zero-order chi connectivity index (χ0) is 13.3. The van der Waals surface area contributed by atoms with Crippen LogP contribution in [0.4, 0.5) is 5.82 Å². The summed E-state index contributed by atoms with van der Waals surface area (Å²) in [7, 11) is -3.13. The highest BCUT2D eigenvalue weighted by atomic mass is 79.9. The third-order valence-corrected chi connectivity index (χ3v) is 4.89. The second kappa shape index (κ2) is 5.10. The van der Waals surface area contributed by atoms with E-state index < -0.39 is 10.0 Å². The predicted molar refractivity (Wildman–Crippen MR) is 73.0 cm³/mol. The van der Waals surface area contributed by atoms with E-state index in [1.807, 2.05) is 6.92 Å². The highest BCUT2D eigenvalue weighted by Crippen LogP contribution is 2.25. The van der Waals surface area contributed by atoms with Crippen molar-refractivity contribution >= 4 is 31.8 Å². The van der Waals surface area contributed by atoms with Crippen molar-refractivity contribution in [3.63, 3.8) is 0 Å². The molecule has 0 radical (unpaired) electrons. The van der Waals surface area contributed by atoms with Gasteiger partial charge in [-0.15, -0.1) is 0 Å². The molecule has 8 heteroatoms. The molecule has 0 amide bonds. The molecule has 1 aliphatic heterocycles. The van der Waals surface area contributed by atoms with Crippen molar-refractivity contribution in [3.8, 4) is 0 Å². The molecule has 1 aliphatic rings. The molecule has 0 N–H and O–H groups in total. The number of nitrogens with zero attached hydrogens (tertiary/aromatic N) is 4. The van der Waals surface area contributed by atoms with Gasteiger partial charge in [-0.2, -0.15) is 4.31 Å². The van der Waals surface area contributed by atoms with Crippen LogP contribution in [0.3, 0.4) is 0 Å². The monoisotopic (exact) mass is 334 g/mol. The summed E-state index contributed by atoms with van der Waals surface area (Å²) in [5.41, 5.74) is 0. The lowest BCUT2D eigenvalue weighted by Crippen LogP contribution is -2.54. The number of piperazine rings is 1. The number of hydrogen-bond donors (Lipinski definition) is 0. The van der Waals surface area contributed by atoms with Crippen molar-refractivity contribution in [1.82, 2.24) is 14.3 Å². The van der Waals surface area contributed by atoms with Gasteiger partial charge in [-0.3, -0.25) is 0 Å². The molecule has 1 atom stereocenters. The number of halogens is 1. The first-order valence-corrected chi connectivity index (χ1v) is 8.21. The van der Waals surface area contributed by atoms with Crippen molar-refractivity contribution in [2.24, 2.45) is 0 Å². The van der Waals surface area contributed by atoms with Crippen molar-refractivity contribution < 1.29 is 8.42 Å². The Kier molecular flexibility index (Phi) is 3.88. The van der Waals surface area contributed by atoms with E-state index in [2.05, 4.69) is 30.8 Å². The van der Waals surface area contributed by atoms with Gasteiger partial charge in [0, 0.05) is 31.9 Å². The van der Waals surface area contributed by atoms with Crippen LogP contribution in [0.5, 0.6) is 0 Å². The van der Waals surface area contributed by atoms with Gasteiger partial charge in [-0.05, 0) is 22.9 Å². The van der Waals surface area contributed by atoms with Crippen LogP contribution in [0.2, 0.25) is 0 Å². The maximum Gasteiger partial charge on any atom is 0.211 e. The SMILES string of the molecule is C[C@H]1CN(c2ncncc2Br)CCN1S(C)(=O)=O. The van der Waals surface area contributed by atoms with Gasteiger partial charge in [0.2, 0.25) is 10.0 Å². The molecule has 0 unspecified atom stereocenters. The molecule has 0 aliphatic carbocycles. The van der Waals surface area contributed by atoms with Crippen molar-refractivity contribution in [2.75, 3.05) is 30.8 Å². The molecule has 1 aromatic rings. The van der Waals surface area contributed by atoms with Gasteiger partial charge in [0.25, 0.3) is 0 Å². The Hall–Kier alpha value is -0.730. The van der Waals surface area contributed by atoms with Crippen molar-refractivity contribution in [3.05, 3.63) is 17.0 Å². The van der Waals surface area contributed by atoms with Crippen LogP contribution in [-0.2, 0) is 10.0 Å². The second-order valence-electron chi connectivity index (χ2n) is 4.36. The number of anilines is 1. The Balaban J connectivity index is 2.16. The highest BCUT2D eigenvalue weighted by Gasteiger charge is 2.30. The maximum absolute atomic E-state index is 11.6. The maximum atomic E-state index is 11.6. The normalized spacial score (nSPS) is 22.2. The first kappa shape index (κ1) is 13.7. The average Bonchev–Trinajstić information content (AvgIpc) is 2.27. The minimum atomic E-state index is -3.13. The quantitative estimate of drug-likeness (QED) is 0.796. The van der Waals surface area contributed by atoms with Crippen LogP contribution in [0.15, 0.2) is 17.0 Å². The van der Waals surface area contributed by atoms with E-state index in [9.17, 15) is 8.42 Å². The van der Waals surface area contributed by atoms with Crippen LogP contribution in [0.25, 0.3) is 0 Å². The Labute approximate surface area is 115 Å². The van der Waals surface area contributed by atoms with E-state index in [0.29, 0.717) is 19.6 Å². The molecular formula is C10H15BrN4O2S. The Bertz CT molecular complexity index is 536. The molecular weight excluding hydrogens is 320 g/mol. The summed E-state index contributed by atoms with van der Waals surface area (Å²) in [6.07, 6.45) is 4.43. The lowest BCUT2D eigenvalue weighted by molar-refractivity contribution is 0.308. The lowest BCUT2D eigenvalue weighted by Gasteiger charge is -2.39. The molecule has 2 rings (SSSR count). The minimum Gasteiger partial charge on any atom is -0.353 e. The summed E-state index contributed by atoms with van der Waals surface area (Å²) in [5.74, 6) is 0.810. The van der Waals surface area contributed by atoms with E-state index >= 15 is 0 Å². The largest absolute Gasteiger partial charge is 0.353 e. The molecule has 2 heterocycles.